The molecule has 2 bridgehead atoms. The van der Waals surface area contributed by atoms with E-state index < -0.39 is 41.1 Å². The summed E-state index contributed by atoms with van der Waals surface area (Å²) in [5.74, 6) is -3.08. The average Bonchev–Trinajstić information content (AvgIpc) is 3.55. The van der Waals surface area contributed by atoms with Crippen molar-refractivity contribution in [1.29, 1.82) is 0 Å². The van der Waals surface area contributed by atoms with Crippen LogP contribution in [0.2, 0.25) is 0 Å². The lowest BCUT2D eigenvalue weighted by molar-refractivity contribution is -0.162. The predicted octanol–water partition coefficient (Wildman–Crippen LogP) is 4.54. The molecule has 0 aromatic heterocycles. The van der Waals surface area contributed by atoms with Crippen molar-refractivity contribution in [3.63, 3.8) is 0 Å². The molecule has 0 saturated carbocycles. The zero-order valence-electron chi connectivity index (χ0n) is 25.5. The molecule has 3 aromatic carbocycles. The van der Waals surface area contributed by atoms with Gasteiger partial charge >= 0.3 is 5.97 Å². The van der Waals surface area contributed by atoms with Crippen molar-refractivity contribution in [3.8, 4) is 0 Å². The molecule has 2 amide bonds. The molecule has 8 heteroatoms. The highest BCUT2D eigenvalue weighted by atomic mass is 16.6. The smallest absolute Gasteiger partial charge is 0.312 e. The summed E-state index contributed by atoms with van der Waals surface area (Å²) >= 11 is 0. The van der Waals surface area contributed by atoms with Gasteiger partial charge in [-0.2, -0.15) is 0 Å². The van der Waals surface area contributed by atoms with Crippen LogP contribution in [0, 0.1) is 17.8 Å². The Morgan fingerprint density at radius 1 is 1.14 bits per heavy atom. The van der Waals surface area contributed by atoms with Crippen molar-refractivity contribution in [1.82, 2.24) is 4.90 Å². The van der Waals surface area contributed by atoms with Crippen molar-refractivity contribution in [2.75, 3.05) is 24.7 Å². The maximum absolute atomic E-state index is 15.0. The molecule has 3 saturated heterocycles. The highest BCUT2D eigenvalue weighted by Crippen LogP contribution is 2.65. The number of likely N-dealkylation sites (tertiary alicyclic amines) is 1. The number of fused-ring (bicyclic) bond motifs is 2. The molecule has 3 aliphatic heterocycles. The van der Waals surface area contributed by atoms with Gasteiger partial charge in [-0.3, -0.25) is 14.4 Å². The largest absolute Gasteiger partial charge is 0.466 e. The van der Waals surface area contributed by atoms with E-state index in [1.165, 1.54) is 4.90 Å². The summed E-state index contributed by atoms with van der Waals surface area (Å²) in [4.78, 5) is 46.4. The first-order valence-corrected chi connectivity index (χ1v) is 15.4. The number of nitrogens with zero attached hydrogens (tertiary/aromatic N) is 2. The van der Waals surface area contributed by atoms with Crippen LogP contribution < -0.4 is 4.90 Å². The lowest BCUT2D eigenvalue weighted by Gasteiger charge is -2.39. The lowest BCUT2D eigenvalue weighted by Crippen LogP contribution is -2.59. The Morgan fingerprint density at radius 2 is 1.84 bits per heavy atom. The van der Waals surface area contributed by atoms with Crippen molar-refractivity contribution in [3.05, 3.63) is 91.0 Å². The molecule has 3 aliphatic rings. The van der Waals surface area contributed by atoms with Gasteiger partial charge in [-0.05, 0) is 61.1 Å². The monoisotopic (exact) mass is 596 g/mol. The number of anilines is 1. The lowest BCUT2D eigenvalue weighted by atomic mass is 9.62. The Morgan fingerprint density at radius 3 is 2.52 bits per heavy atom. The third-order valence-electron chi connectivity index (χ3n) is 10.1. The quantitative estimate of drug-likeness (QED) is 0.273. The number of carbonyl (C=O) groups is 3. The van der Waals surface area contributed by atoms with Gasteiger partial charge in [0.25, 0.3) is 5.91 Å². The number of carbonyl (C=O) groups excluding carboxylic acids is 3. The van der Waals surface area contributed by atoms with E-state index >= 15 is 4.79 Å². The molecule has 1 N–H and O–H groups in total. The number of aliphatic hydroxyl groups is 1. The summed E-state index contributed by atoms with van der Waals surface area (Å²) in [6.45, 7) is 9.54. The molecule has 8 nitrogen and oxygen atoms in total. The van der Waals surface area contributed by atoms with Crippen LogP contribution in [0.1, 0.15) is 32.8 Å². The van der Waals surface area contributed by atoms with Gasteiger partial charge in [0.1, 0.15) is 17.6 Å². The van der Waals surface area contributed by atoms with Gasteiger partial charge in [-0.1, -0.05) is 73.7 Å². The second-order valence-electron chi connectivity index (χ2n) is 12.5. The fourth-order valence-corrected chi connectivity index (χ4v) is 8.02. The van der Waals surface area contributed by atoms with Gasteiger partial charge in [-0.25, -0.2) is 0 Å². The molecular formula is C36H40N2O6. The normalized spacial score (nSPS) is 29.5. The maximum atomic E-state index is 15.0. The SMILES string of the molecule is C=CCN(C(=O)C1N([C@@H](CO)Cc2ccccc2)C(=O)[C@@H]2[C@H](C(=O)OCC)[C@@]3(C)OC12CC3C)c1ccc2ccccc2c1. The molecule has 3 fully saturated rings. The van der Waals surface area contributed by atoms with Crippen LogP contribution in [0.25, 0.3) is 10.8 Å². The fourth-order valence-electron chi connectivity index (χ4n) is 8.02. The Labute approximate surface area is 258 Å². The molecule has 230 valence electrons. The number of hydrogen-bond acceptors (Lipinski definition) is 6. The van der Waals surface area contributed by atoms with Gasteiger partial charge < -0.3 is 24.4 Å². The number of benzene rings is 3. The van der Waals surface area contributed by atoms with Gasteiger partial charge in [-0.15, -0.1) is 6.58 Å². The van der Waals surface area contributed by atoms with E-state index in [9.17, 15) is 14.7 Å². The van der Waals surface area contributed by atoms with E-state index in [0.29, 0.717) is 18.5 Å². The first kappa shape index (κ1) is 30.0. The van der Waals surface area contributed by atoms with Crippen LogP contribution in [0.3, 0.4) is 0 Å². The van der Waals surface area contributed by atoms with E-state index in [-0.39, 0.29) is 37.5 Å². The molecule has 3 unspecified atom stereocenters. The van der Waals surface area contributed by atoms with Gasteiger partial charge in [0.05, 0.1) is 30.8 Å². The van der Waals surface area contributed by atoms with E-state index in [1.807, 2.05) is 86.6 Å². The van der Waals surface area contributed by atoms with Crippen LogP contribution in [-0.4, -0.2) is 70.8 Å². The topological polar surface area (TPSA) is 96.4 Å². The summed E-state index contributed by atoms with van der Waals surface area (Å²) in [6, 6.07) is 21.5. The molecule has 3 heterocycles. The van der Waals surface area contributed by atoms with Crippen LogP contribution in [0.15, 0.2) is 85.5 Å². The summed E-state index contributed by atoms with van der Waals surface area (Å²) in [6.07, 6.45) is 2.42. The molecule has 0 radical (unpaired) electrons. The predicted molar refractivity (Wildman–Crippen MR) is 168 cm³/mol. The highest BCUT2D eigenvalue weighted by Gasteiger charge is 2.80. The zero-order chi connectivity index (χ0) is 31.2. The van der Waals surface area contributed by atoms with Crippen molar-refractivity contribution in [2.45, 2.75) is 56.9 Å². The number of ether oxygens (including phenoxy) is 2. The van der Waals surface area contributed by atoms with Crippen LogP contribution in [0.5, 0.6) is 0 Å². The Balaban J connectivity index is 1.49. The van der Waals surface area contributed by atoms with Crippen LogP contribution in [0.4, 0.5) is 5.69 Å². The summed E-state index contributed by atoms with van der Waals surface area (Å²) in [5, 5.41) is 12.8. The van der Waals surface area contributed by atoms with E-state index in [2.05, 4.69) is 6.58 Å². The first-order valence-electron chi connectivity index (χ1n) is 15.4. The number of aliphatic hydroxyl groups excluding tert-OH is 1. The highest BCUT2D eigenvalue weighted by molar-refractivity contribution is 6.06. The zero-order valence-corrected chi connectivity index (χ0v) is 25.5. The minimum absolute atomic E-state index is 0.119. The molecule has 1 spiro atoms. The molecule has 7 atom stereocenters. The Bertz CT molecular complexity index is 1590. The maximum Gasteiger partial charge on any atom is 0.312 e. The van der Waals surface area contributed by atoms with Crippen molar-refractivity contribution < 1.29 is 29.0 Å². The number of amides is 2. The third kappa shape index (κ3) is 4.54. The second kappa shape index (κ2) is 11.5. The molecule has 3 aromatic rings. The summed E-state index contributed by atoms with van der Waals surface area (Å²) < 4.78 is 12.4. The van der Waals surface area contributed by atoms with E-state index in [4.69, 9.17) is 9.47 Å². The van der Waals surface area contributed by atoms with E-state index in [0.717, 1.165) is 16.3 Å². The van der Waals surface area contributed by atoms with Crippen LogP contribution in [-0.2, 0) is 30.3 Å². The molecule has 44 heavy (non-hydrogen) atoms. The van der Waals surface area contributed by atoms with Crippen LogP contribution >= 0.6 is 0 Å². The second-order valence-corrected chi connectivity index (χ2v) is 12.5. The Kier molecular flexibility index (Phi) is 7.84. The minimum atomic E-state index is -1.26. The Hall–Kier alpha value is -4.01. The minimum Gasteiger partial charge on any atom is -0.466 e. The molecular weight excluding hydrogens is 556 g/mol. The summed E-state index contributed by atoms with van der Waals surface area (Å²) in [7, 11) is 0. The number of esters is 1. The number of hydrogen-bond donors (Lipinski definition) is 1. The molecule has 0 aliphatic carbocycles. The van der Waals surface area contributed by atoms with Gasteiger partial charge in [0.2, 0.25) is 5.91 Å². The number of rotatable bonds is 10. The standard InChI is InChI=1S/C36H40N2O6/c1-5-18-37(27-17-16-25-14-10-11-15-26(25)20-27)33(41)31-36-21-23(3)35(4,44-36)30(34(42)43-6-2)29(36)32(40)38(31)28(22-39)19-24-12-8-7-9-13-24/h5,7-17,20,23,28-31,39H,1,6,18-19,21-22H2,2-4H3/t23?,28-,29+,30-,31?,35+,36?/m1/s1. The third-order valence-corrected chi connectivity index (χ3v) is 10.1. The fraction of sp³-hybridized carbons (Fsp3) is 0.417. The summed E-state index contributed by atoms with van der Waals surface area (Å²) in [5.41, 5.74) is -0.652. The van der Waals surface area contributed by atoms with Crippen molar-refractivity contribution >= 4 is 34.2 Å². The van der Waals surface area contributed by atoms with Gasteiger partial charge in [0, 0.05) is 12.2 Å². The average molecular weight is 597 g/mol. The van der Waals surface area contributed by atoms with E-state index in [1.54, 1.807) is 17.9 Å². The van der Waals surface area contributed by atoms with Gasteiger partial charge in [0.15, 0.2) is 0 Å². The first-order chi connectivity index (χ1) is 21.2. The van der Waals surface area contributed by atoms with Crippen molar-refractivity contribution in [2.24, 2.45) is 17.8 Å². The molecule has 6 rings (SSSR count).